The van der Waals surface area contributed by atoms with E-state index in [1.54, 1.807) is 4.57 Å². The van der Waals surface area contributed by atoms with Gasteiger partial charge in [0.2, 0.25) is 12.7 Å². The monoisotopic (exact) mass is 443 g/mol. The number of carbonyl (C=O) groups is 1. The minimum absolute atomic E-state index is 0.0128. The van der Waals surface area contributed by atoms with Crippen LogP contribution in [0.2, 0.25) is 0 Å². The van der Waals surface area contributed by atoms with Crippen molar-refractivity contribution in [3.05, 3.63) is 45.6 Å². The van der Waals surface area contributed by atoms with Crippen molar-refractivity contribution >= 4 is 39.2 Å². The molecule has 2 aromatic heterocycles. The summed E-state index contributed by atoms with van der Waals surface area (Å²) in [5.41, 5.74) is 1.49. The first-order valence-electron chi connectivity index (χ1n) is 9.96. The Hall–Kier alpha value is -2.52. The maximum Gasteiger partial charge on any atom is 0.272 e. The highest BCUT2D eigenvalue weighted by Crippen LogP contribution is 2.33. The van der Waals surface area contributed by atoms with Gasteiger partial charge in [-0.05, 0) is 42.0 Å². The van der Waals surface area contributed by atoms with Crippen LogP contribution in [-0.4, -0.2) is 34.0 Å². The SMILES string of the molecule is O=C(CSc1nc2ccsc2c(=O)n1Cc1ccc2c(c1)OCO2)NC1CCCC1. The van der Waals surface area contributed by atoms with E-state index in [2.05, 4.69) is 10.3 Å². The second kappa shape index (κ2) is 8.31. The highest BCUT2D eigenvalue weighted by atomic mass is 32.2. The van der Waals surface area contributed by atoms with Gasteiger partial charge >= 0.3 is 0 Å². The Bertz CT molecular complexity index is 1150. The van der Waals surface area contributed by atoms with Gasteiger partial charge in [0, 0.05) is 6.04 Å². The number of hydrogen-bond acceptors (Lipinski definition) is 7. The number of nitrogens with one attached hydrogen (secondary N) is 1. The van der Waals surface area contributed by atoms with Crippen LogP contribution < -0.4 is 20.3 Å². The molecule has 0 atom stereocenters. The van der Waals surface area contributed by atoms with E-state index in [1.165, 1.54) is 35.9 Å². The van der Waals surface area contributed by atoms with Crippen molar-refractivity contribution in [2.45, 2.75) is 43.4 Å². The van der Waals surface area contributed by atoms with Gasteiger partial charge < -0.3 is 14.8 Å². The van der Waals surface area contributed by atoms with Crippen LogP contribution in [0.15, 0.2) is 39.6 Å². The molecule has 30 heavy (non-hydrogen) atoms. The lowest BCUT2D eigenvalue weighted by molar-refractivity contribution is -0.119. The van der Waals surface area contributed by atoms with E-state index in [1.807, 2.05) is 29.6 Å². The molecule has 1 amide bonds. The molecule has 1 saturated carbocycles. The lowest BCUT2D eigenvalue weighted by Gasteiger charge is -2.14. The second-order valence-electron chi connectivity index (χ2n) is 7.45. The molecule has 0 radical (unpaired) electrons. The summed E-state index contributed by atoms with van der Waals surface area (Å²) in [5, 5.41) is 5.50. The number of benzene rings is 1. The van der Waals surface area contributed by atoms with Gasteiger partial charge in [-0.25, -0.2) is 4.98 Å². The fraction of sp³-hybridized carbons (Fsp3) is 0.381. The van der Waals surface area contributed by atoms with Crippen molar-refractivity contribution in [3.63, 3.8) is 0 Å². The van der Waals surface area contributed by atoms with Crippen molar-refractivity contribution in [2.75, 3.05) is 12.5 Å². The molecule has 5 rings (SSSR count). The number of nitrogens with zero attached hydrogens (tertiary/aromatic N) is 2. The molecule has 1 aliphatic carbocycles. The van der Waals surface area contributed by atoms with Crippen LogP contribution in [-0.2, 0) is 11.3 Å². The molecule has 9 heteroatoms. The standard InChI is InChI=1S/C21H21N3O4S2/c25-18(22-14-3-1-2-4-14)11-30-21-23-15-7-8-29-19(15)20(26)24(21)10-13-5-6-16-17(9-13)28-12-27-16/h5-9,14H,1-4,10-12H2,(H,22,25). The third-order valence-electron chi connectivity index (χ3n) is 5.36. The molecule has 2 aliphatic rings. The Morgan fingerprint density at radius 1 is 1.23 bits per heavy atom. The van der Waals surface area contributed by atoms with E-state index in [-0.39, 0.29) is 30.1 Å². The van der Waals surface area contributed by atoms with E-state index in [4.69, 9.17) is 9.47 Å². The lowest BCUT2D eigenvalue weighted by atomic mass is 10.2. The van der Waals surface area contributed by atoms with Gasteiger partial charge in [-0.2, -0.15) is 0 Å². The quantitative estimate of drug-likeness (QED) is 0.465. The van der Waals surface area contributed by atoms with Crippen molar-refractivity contribution < 1.29 is 14.3 Å². The molecule has 3 heterocycles. The van der Waals surface area contributed by atoms with Gasteiger partial charge in [0.05, 0.1) is 17.8 Å². The molecular weight excluding hydrogens is 422 g/mol. The first-order valence-corrected chi connectivity index (χ1v) is 11.8. The van der Waals surface area contributed by atoms with Gasteiger partial charge in [0.25, 0.3) is 5.56 Å². The summed E-state index contributed by atoms with van der Waals surface area (Å²) < 4.78 is 13.1. The van der Waals surface area contributed by atoms with E-state index in [0.717, 1.165) is 18.4 Å². The third-order valence-corrected chi connectivity index (χ3v) is 7.23. The van der Waals surface area contributed by atoms with Crippen LogP contribution in [0.25, 0.3) is 10.2 Å². The molecule has 1 fully saturated rings. The molecule has 3 aromatic rings. The molecule has 0 saturated heterocycles. The zero-order valence-corrected chi connectivity index (χ0v) is 17.9. The Balaban J connectivity index is 1.40. The minimum Gasteiger partial charge on any atom is -0.454 e. The summed E-state index contributed by atoms with van der Waals surface area (Å²) in [6, 6.07) is 7.77. The first-order chi connectivity index (χ1) is 14.7. The molecule has 0 bridgehead atoms. The Morgan fingerprint density at radius 3 is 2.93 bits per heavy atom. The molecular formula is C21H21N3O4S2. The Morgan fingerprint density at radius 2 is 2.07 bits per heavy atom. The zero-order valence-electron chi connectivity index (χ0n) is 16.3. The number of hydrogen-bond donors (Lipinski definition) is 1. The van der Waals surface area contributed by atoms with Gasteiger partial charge in [-0.15, -0.1) is 11.3 Å². The third kappa shape index (κ3) is 3.91. The van der Waals surface area contributed by atoms with Crippen LogP contribution in [0.3, 0.4) is 0 Å². The van der Waals surface area contributed by atoms with Gasteiger partial charge in [-0.1, -0.05) is 30.7 Å². The van der Waals surface area contributed by atoms with E-state index < -0.39 is 0 Å². The van der Waals surface area contributed by atoms with Gasteiger partial charge in [0.1, 0.15) is 4.70 Å². The Kier molecular flexibility index (Phi) is 5.39. The summed E-state index contributed by atoms with van der Waals surface area (Å²) in [5.74, 6) is 1.60. The highest BCUT2D eigenvalue weighted by molar-refractivity contribution is 7.99. The van der Waals surface area contributed by atoms with Gasteiger partial charge in [-0.3, -0.25) is 14.2 Å². The number of aromatic nitrogens is 2. The minimum atomic E-state index is -0.0913. The Labute approximate surface area is 181 Å². The largest absolute Gasteiger partial charge is 0.454 e. The van der Waals surface area contributed by atoms with E-state index in [9.17, 15) is 9.59 Å². The van der Waals surface area contributed by atoms with Gasteiger partial charge in [0.15, 0.2) is 16.7 Å². The van der Waals surface area contributed by atoms with Crippen molar-refractivity contribution in [3.8, 4) is 11.5 Å². The van der Waals surface area contributed by atoms with Crippen LogP contribution in [0.1, 0.15) is 31.2 Å². The fourth-order valence-electron chi connectivity index (χ4n) is 3.86. The smallest absolute Gasteiger partial charge is 0.272 e. The fourth-order valence-corrected chi connectivity index (χ4v) is 5.45. The molecule has 0 unspecified atom stereocenters. The van der Waals surface area contributed by atoms with Crippen molar-refractivity contribution in [1.82, 2.24) is 14.9 Å². The highest BCUT2D eigenvalue weighted by Gasteiger charge is 2.20. The number of fused-ring (bicyclic) bond motifs is 2. The number of carbonyl (C=O) groups excluding carboxylic acids is 1. The second-order valence-corrected chi connectivity index (χ2v) is 9.30. The van der Waals surface area contributed by atoms with E-state index >= 15 is 0 Å². The molecule has 156 valence electrons. The molecule has 1 aromatic carbocycles. The molecule has 7 nitrogen and oxygen atoms in total. The maximum absolute atomic E-state index is 13.1. The van der Waals surface area contributed by atoms with Crippen molar-refractivity contribution in [2.24, 2.45) is 0 Å². The number of ether oxygens (including phenoxy) is 2. The molecule has 1 N–H and O–H groups in total. The summed E-state index contributed by atoms with van der Waals surface area (Å²) in [6.45, 7) is 0.557. The van der Waals surface area contributed by atoms with Crippen LogP contribution in [0.5, 0.6) is 11.5 Å². The maximum atomic E-state index is 13.1. The summed E-state index contributed by atoms with van der Waals surface area (Å²) in [6.07, 6.45) is 4.43. The van der Waals surface area contributed by atoms with Crippen LogP contribution >= 0.6 is 23.1 Å². The number of amides is 1. The average Bonchev–Trinajstić information content (AvgIpc) is 3.50. The molecule has 1 aliphatic heterocycles. The van der Waals surface area contributed by atoms with E-state index in [0.29, 0.717) is 33.4 Å². The summed E-state index contributed by atoms with van der Waals surface area (Å²) in [7, 11) is 0. The molecule has 0 spiro atoms. The number of thioether (sulfide) groups is 1. The lowest BCUT2D eigenvalue weighted by Crippen LogP contribution is -2.34. The topological polar surface area (TPSA) is 82.5 Å². The van der Waals surface area contributed by atoms with Crippen LogP contribution in [0.4, 0.5) is 0 Å². The normalized spacial score (nSPS) is 15.7. The zero-order chi connectivity index (χ0) is 20.5. The predicted molar refractivity (Wildman–Crippen MR) is 117 cm³/mol. The summed E-state index contributed by atoms with van der Waals surface area (Å²) >= 11 is 2.69. The van der Waals surface area contributed by atoms with Crippen LogP contribution in [0, 0.1) is 0 Å². The first kappa shape index (κ1) is 19.4. The average molecular weight is 444 g/mol. The predicted octanol–water partition coefficient (Wildman–Crippen LogP) is 3.39. The summed E-state index contributed by atoms with van der Waals surface area (Å²) in [4.78, 5) is 30.2. The number of thiophene rings is 1. The van der Waals surface area contributed by atoms with Crippen molar-refractivity contribution in [1.29, 1.82) is 0 Å². The number of rotatable bonds is 6.